The molecule has 2 fully saturated rings. The number of hydrogen-bond acceptors (Lipinski definition) is 4. The van der Waals surface area contributed by atoms with Crippen molar-refractivity contribution in [1.82, 2.24) is 15.1 Å². The number of carbonyl (C=O) groups is 1. The maximum atomic E-state index is 12.8. The Morgan fingerprint density at radius 2 is 2.19 bits per heavy atom. The van der Waals surface area contributed by atoms with Crippen molar-refractivity contribution in [3.05, 3.63) is 22.4 Å². The lowest BCUT2D eigenvalue weighted by molar-refractivity contribution is -0.143. The Hall–Kier alpha value is -0.910. The Kier molecular flexibility index (Phi) is 4.62. The second-order valence-corrected chi connectivity index (χ2v) is 7.24. The van der Waals surface area contributed by atoms with Gasteiger partial charge in [-0.3, -0.25) is 9.69 Å². The number of hydrogen-bond donors (Lipinski definition) is 1. The number of thiophene rings is 1. The van der Waals surface area contributed by atoms with Crippen molar-refractivity contribution >= 4 is 17.2 Å². The van der Waals surface area contributed by atoms with Crippen LogP contribution in [0, 0.1) is 5.41 Å². The summed E-state index contributed by atoms with van der Waals surface area (Å²) in [6, 6.07) is 4.30. The summed E-state index contributed by atoms with van der Waals surface area (Å²) in [7, 11) is 0. The molecule has 0 saturated carbocycles. The maximum absolute atomic E-state index is 12.8. The van der Waals surface area contributed by atoms with E-state index in [9.17, 15) is 4.79 Å². The van der Waals surface area contributed by atoms with Crippen LogP contribution in [0.2, 0.25) is 0 Å². The number of rotatable bonds is 4. The average Bonchev–Trinajstić information content (AvgIpc) is 3.19. The summed E-state index contributed by atoms with van der Waals surface area (Å²) in [5.41, 5.74) is -0.129. The molecular formula is C16H25N3OS. The minimum Gasteiger partial charge on any atom is -0.340 e. The van der Waals surface area contributed by atoms with Crippen LogP contribution in [0.1, 0.15) is 24.6 Å². The lowest BCUT2D eigenvalue weighted by Gasteiger charge is -2.39. The molecule has 1 atom stereocenters. The van der Waals surface area contributed by atoms with Gasteiger partial charge in [0, 0.05) is 44.1 Å². The molecule has 0 spiro atoms. The van der Waals surface area contributed by atoms with Crippen LogP contribution in [0.15, 0.2) is 17.5 Å². The van der Waals surface area contributed by atoms with Crippen molar-refractivity contribution in [2.24, 2.45) is 5.41 Å². The van der Waals surface area contributed by atoms with Gasteiger partial charge in [0.2, 0.25) is 5.91 Å². The second kappa shape index (κ2) is 6.46. The standard InChI is InChI=1S/C16H25N3OS/c1-2-16(5-6-17-13-16)15(20)19-9-7-18(8-10-19)12-14-4-3-11-21-14/h3-4,11,17H,2,5-10,12-13H2,1H3. The molecule has 1 amide bonds. The average molecular weight is 307 g/mol. The van der Waals surface area contributed by atoms with E-state index in [2.05, 4.69) is 39.6 Å². The Morgan fingerprint density at radius 3 is 2.76 bits per heavy atom. The molecule has 21 heavy (non-hydrogen) atoms. The summed E-state index contributed by atoms with van der Waals surface area (Å²) in [5.74, 6) is 0.380. The van der Waals surface area contributed by atoms with E-state index in [1.807, 2.05) is 11.3 Å². The van der Waals surface area contributed by atoms with E-state index in [0.29, 0.717) is 5.91 Å². The Bertz CT molecular complexity index is 460. The van der Waals surface area contributed by atoms with Gasteiger partial charge in [-0.1, -0.05) is 13.0 Å². The summed E-state index contributed by atoms with van der Waals surface area (Å²) in [6.07, 6.45) is 1.95. The zero-order valence-electron chi connectivity index (χ0n) is 12.8. The van der Waals surface area contributed by atoms with Crippen molar-refractivity contribution in [3.63, 3.8) is 0 Å². The smallest absolute Gasteiger partial charge is 0.230 e. The number of nitrogens with zero attached hydrogens (tertiary/aromatic N) is 2. The quantitative estimate of drug-likeness (QED) is 0.921. The molecule has 0 radical (unpaired) electrons. The van der Waals surface area contributed by atoms with E-state index in [-0.39, 0.29) is 5.41 Å². The zero-order valence-corrected chi connectivity index (χ0v) is 13.6. The molecule has 1 aromatic rings. The maximum Gasteiger partial charge on any atom is 0.230 e. The van der Waals surface area contributed by atoms with Crippen LogP contribution in [0.25, 0.3) is 0 Å². The topological polar surface area (TPSA) is 35.6 Å². The van der Waals surface area contributed by atoms with Crippen LogP contribution in [0.5, 0.6) is 0 Å². The molecule has 4 nitrogen and oxygen atoms in total. The summed E-state index contributed by atoms with van der Waals surface area (Å²) in [6.45, 7) is 8.78. The summed E-state index contributed by atoms with van der Waals surface area (Å²) in [5, 5.41) is 5.50. The predicted molar refractivity (Wildman–Crippen MR) is 86.4 cm³/mol. The molecule has 2 saturated heterocycles. The summed E-state index contributed by atoms with van der Waals surface area (Å²) < 4.78 is 0. The number of piperazine rings is 1. The fourth-order valence-electron chi connectivity index (χ4n) is 3.45. The molecule has 0 aliphatic carbocycles. The van der Waals surface area contributed by atoms with Gasteiger partial charge >= 0.3 is 0 Å². The normalized spacial score (nSPS) is 27.2. The first kappa shape index (κ1) is 15.0. The molecular weight excluding hydrogens is 282 g/mol. The van der Waals surface area contributed by atoms with Crippen LogP contribution in [0.4, 0.5) is 0 Å². The van der Waals surface area contributed by atoms with Crippen LogP contribution < -0.4 is 5.32 Å². The highest BCUT2D eigenvalue weighted by atomic mass is 32.1. The monoisotopic (exact) mass is 307 g/mol. The third-order valence-corrected chi connectivity index (χ3v) is 5.85. The number of carbonyl (C=O) groups excluding carboxylic acids is 1. The minimum atomic E-state index is -0.129. The first-order valence-corrected chi connectivity index (χ1v) is 8.86. The highest BCUT2D eigenvalue weighted by molar-refractivity contribution is 7.09. The van der Waals surface area contributed by atoms with E-state index < -0.39 is 0 Å². The van der Waals surface area contributed by atoms with Crippen molar-refractivity contribution in [2.75, 3.05) is 39.3 Å². The van der Waals surface area contributed by atoms with Crippen molar-refractivity contribution in [1.29, 1.82) is 0 Å². The van der Waals surface area contributed by atoms with E-state index in [4.69, 9.17) is 0 Å². The summed E-state index contributed by atoms with van der Waals surface area (Å²) >= 11 is 1.82. The van der Waals surface area contributed by atoms with Gasteiger partial charge in [-0.2, -0.15) is 0 Å². The first-order chi connectivity index (χ1) is 10.2. The zero-order chi connectivity index (χ0) is 14.7. The summed E-state index contributed by atoms with van der Waals surface area (Å²) in [4.78, 5) is 18.8. The fraction of sp³-hybridized carbons (Fsp3) is 0.688. The van der Waals surface area contributed by atoms with E-state index in [0.717, 1.165) is 58.7 Å². The number of nitrogens with one attached hydrogen (secondary N) is 1. The third-order valence-electron chi connectivity index (χ3n) is 4.99. The van der Waals surface area contributed by atoms with Gasteiger partial charge in [0.15, 0.2) is 0 Å². The Morgan fingerprint density at radius 1 is 1.38 bits per heavy atom. The second-order valence-electron chi connectivity index (χ2n) is 6.21. The van der Waals surface area contributed by atoms with Gasteiger partial charge in [-0.15, -0.1) is 11.3 Å². The first-order valence-electron chi connectivity index (χ1n) is 7.98. The Balaban J connectivity index is 1.54. The van der Waals surface area contributed by atoms with E-state index >= 15 is 0 Å². The molecule has 1 unspecified atom stereocenters. The van der Waals surface area contributed by atoms with Crippen molar-refractivity contribution < 1.29 is 4.79 Å². The van der Waals surface area contributed by atoms with Crippen molar-refractivity contribution in [2.45, 2.75) is 26.3 Å². The van der Waals surface area contributed by atoms with Crippen LogP contribution in [-0.2, 0) is 11.3 Å². The molecule has 1 N–H and O–H groups in total. The minimum absolute atomic E-state index is 0.129. The SMILES string of the molecule is CCC1(C(=O)N2CCN(Cc3cccs3)CC2)CCNC1. The van der Waals surface area contributed by atoms with Crippen LogP contribution in [-0.4, -0.2) is 55.0 Å². The van der Waals surface area contributed by atoms with Gasteiger partial charge < -0.3 is 10.2 Å². The van der Waals surface area contributed by atoms with Gasteiger partial charge in [0.1, 0.15) is 0 Å². The van der Waals surface area contributed by atoms with Gasteiger partial charge in [0.25, 0.3) is 0 Å². The van der Waals surface area contributed by atoms with E-state index in [1.54, 1.807) is 0 Å². The molecule has 2 aliphatic heterocycles. The highest BCUT2D eigenvalue weighted by Gasteiger charge is 2.42. The molecule has 3 rings (SSSR count). The largest absolute Gasteiger partial charge is 0.340 e. The van der Waals surface area contributed by atoms with Gasteiger partial charge in [-0.25, -0.2) is 0 Å². The Labute approximate surface area is 131 Å². The van der Waals surface area contributed by atoms with Gasteiger partial charge in [-0.05, 0) is 30.8 Å². The third kappa shape index (κ3) is 3.15. The fourth-order valence-corrected chi connectivity index (χ4v) is 4.19. The molecule has 0 aromatic carbocycles. The lowest BCUT2D eigenvalue weighted by Crippen LogP contribution is -2.53. The molecule has 5 heteroatoms. The van der Waals surface area contributed by atoms with Crippen molar-refractivity contribution in [3.8, 4) is 0 Å². The lowest BCUT2D eigenvalue weighted by atomic mass is 9.82. The highest BCUT2D eigenvalue weighted by Crippen LogP contribution is 2.32. The predicted octanol–water partition coefficient (Wildman–Crippen LogP) is 1.78. The molecule has 1 aromatic heterocycles. The molecule has 116 valence electrons. The number of amides is 1. The van der Waals surface area contributed by atoms with Crippen LogP contribution in [0.3, 0.4) is 0 Å². The van der Waals surface area contributed by atoms with Crippen LogP contribution >= 0.6 is 11.3 Å². The van der Waals surface area contributed by atoms with Gasteiger partial charge in [0.05, 0.1) is 5.41 Å². The van der Waals surface area contributed by atoms with E-state index in [1.165, 1.54) is 4.88 Å². The molecule has 3 heterocycles. The molecule has 0 bridgehead atoms. The molecule has 2 aliphatic rings.